The first-order valence-electron chi connectivity index (χ1n) is 5.52. The molecule has 4 nitrogen and oxygen atoms in total. The first-order valence-corrected chi connectivity index (χ1v) is 5.52. The van der Waals surface area contributed by atoms with Crippen LogP contribution >= 0.6 is 0 Å². The standard InChI is InChI=1S/C11H12F3N3O/c1-3-4-17-10-9(6(2)16-17)7(11(12,13)14)5-8(18)15-10/h5H,3-4H2,1-2H3,(H,15,18). The summed E-state index contributed by atoms with van der Waals surface area (Å²) in [4.78, 5) is 13.7. The number of hydrogen-bond acceptors (Lipinski definition) is 2. The Morgan fingerprint density at radius 3 is 2.67 bits per heavy atom. The Balaban J connectivity index is 2.85. The summed E-state index contributed by atoms with van der Waals surface area (Å²) >= 11 is 0. The summed E-state index contributed by atoms with van der Waals surface area (Å²) in [5.74, 6) is 0. The fraction of sp³-hybridized carbons (Fsp3) is 0.455. The average molecular weight is 259 g/mol. The molecule has 0 saturated heterocycles. The number of halogens is 3. The number of fused-ring (bicyclic) bond motifs is 1. The van der Waals surface area contributed by atoms with Gasteiger partial charge in [0.25, 0.3) is 0 Å². The quantitative estimate of drug-likeness (QED) is 0.900. The van der Waals surface area contributed by atoms with Gasteiger partial charge >= 0.3 is 6.18 Å². The minimum Gasteiger partial charge on any atom is -0.307 e. The molecule has 2 aromatic rings. The van der Waals surface area contributed by atoms with E-state index >= 15 is 0 Å². The molecule has 0 amide bonds. The van der Waals surface area contributed by atoms with Crippen LogP contribution in [0, 0.1) is 6.92 Å². The topological polar surface area (TPSA) is 50.7 Å². The molecule has 0 aromatic carbocycles. The maximum Gasteiger partial charge on any atom is 0.417 e. The van der Waals surface area contributed by atoms with E-state index in [-0.39, 0.29) is 16.7 Å². The van der Waals surface area contributed by atoms with Crippen LogP contribution in [-0.4, -0.2) is 14.8 Å². The lowest BCUT2D eigenvalue weighted by Crippen LogP contribution is -2.15. The van der Waals surface area contributed by atoms with E-state index in [0.29, 0.717) is 19.0 Å². The normalized spacial score (nSPS) is 12.3. The molecular formula is C11H12F3N3O. The fourth-order valence-corrected chi connectivity index (χ4v) is 1.98. The van der Waals surface area contributed by atoms with Crippen molar-refractivity contribution in [1.29, 1.82) is 0 Å². The molecule has 2 heterocycles. The van der Waals surface area contributed by atoms with E-state index in [0.717, 1.165) is 0 Å². The lowest BCUT2D eigenvalue weighted by molar-refractivity contribution is -0.136. The number of nitrogens with zero attached hydrogens (tertiary/aromatic N) is 2. The van der Waals surface area contributed by atoms with Gasteiger partial charge in [0, 0.05) is 12.6 Å². The van der Waals surface area contributed by atoms with Crippen molar-refractivity contribution in [2.45, 2.75) is 33.0 Å². The van der Waals surface area contributed by atoms with Gasteiger partial charge in [-0.05, 0) is 13.3 Å². The second kappa shape index (κ2) is 4.15. The first kappa shape index (κ1) is 12.7. The van der Waals surface area contributed by atoms with Gasteiger partial charge < -0.3 is 4.98 Å². The van der Waals surface area contributed by atoms with Crippen LogP contribution < -0.4 is 5.56 Å². The highest BCUT2D eigenvalue weighted by Gasteiger charge is 2.35. The number of H-pyrrole nitrogens is 1. The minimum absolute atomic E-state index is 0.0319. The zero-order valence-electron chi connectivity index (χ0n) is 9.93. The van der Waals surface area contributed by atoms with Crippen LogP contribution in [0.25, 0.3) is 11.0 Å². The van der Waals surface area contributed by atoms with Gasteiger partial charge in [-0.3, -0.25) is 4.79 Å². The molecule has 0 aliphatic heterocycles. The molecule has 0 radical (unpaired) electrons. The predicted octanol–water partition coefficient (Wildman–Crippen LogP) is 2.46. The summed E-state index contributed by atoms with van der Waals surface area (Å²) in [5, 5.41) is 4.01. The van der Waals surface area contributed by atoms with Gasteiger partial charge in [0.05, 0.1) is 16.6 Å². The van der Waals surface area contributed by atoms with E-state index < -0.39 is 17.3 Å². The van der Waals surface area contributed by atoms with E-state index in [9.17, 15) is 18.0 Å². The highest BCUT2D eigenvalue weighted by atomic mass is 19.4. The molecule has 0 bridgehead atoms. The minimum atomic E-state index is -4.56. The van der Waals surface area contributed by atoms with E-state index in [1.807, 2.05) is 6.92 Å². The maximum atomic E-state index is 12.9. The Morgan fingerprint density at radius 2 is 2.11 bits per heavy atom. The van der Waals surface area contributed by atoms with E-state index in [2.05, 4.69) is 10.1 Å². The molecule has 0 saturated carbocycles. The third kappa shape index (κ3) is 2.00. The van der Waals surface area contributed by atoms with Gasteiger partial charge in [-0.2, -0.15) is 18.3 Å². The fourth-order valence-electron chi connectivity index (χ4n) is 1.98. The molecule has 2 rings (SSSR count). The highest BCUT2D eigenvalue weighted by molar-refractivity contribution is 5.82. The van der Waals surface area contributed by atoms with E-state index in [4.69, 9.17) is 0 Å². The number of pyridine rings is 1. The first-order chi connectivity index (χ1) is 8.34. The lowest BCUT2D eigenvalue weighted by atomic mass is 10.1. The van der Waals surface area contributed by atoms with Gasteiger partial charge in [0.1, 0.15) is 5.65 Å². The van der Waals surface area contributed by atoms with Crippen LogP contribution in [0.15, 0.2) is 10.9 Å². The molecule has 0 aliphatic rings. The third-order valence-corrected chi connectivity index (χ3v) is 2.65. The zero-order chi connectivity index (χ0) is 13.5. The number of hydrogen-bond donors (Lipinski definition) is 1. The van der Waals surface area contributed by atoms with E-state index in [1.165, 1.54) is 11.6 Å². The van der Waals surface area contributed by atoms with Crippen LogP contribution in [0.2, 0.25) is 0 Å². The van der Waals surface area contributed by atoms with Gasteiger partial charge in [0.15, 0.2) is 0 Å². The largest absolute Gasteiger partial charge is 0.417 e. The third-order valence-electron chi connectivity index (χ3n) is 2.65. The van der Waals surface area contributed by atoms with Crippen LogP contribution in [0.5, 0.6) is 0 Å². The van der Waals surface area contributed by atoms with Gasteiger partial charge in [-0.1, -0.05) is 6.92 Å². The summed E-state index contributed by atoms with van der Waals surface area (Å²) in [6, 6.07) is 0.577. The summed E-state index contributed by atoms with van der Waals surface area (Å²) in [6.07, 6.45) is -3.84. The van der Waals surface area contributed by atoms with E-state index in [1.54, 1.807) is 0 Å². The number of aromatic amines is 1. The van der Waals surface area contributed by atoms with Crippen molar-refractivity contribution in [1.82, 2.24) is 14.8 Å². The van der Waals surface area contributed by atoms with Crippen molar-refractivity contribution in [3.05, 3.63) is 27.7 Å². The number of alkyl halides is 3. The lowest BCUT2D eigenvalue weighted by Gasteiger charge is -2.08. The Morgan fingerprint density at radius 1 is 1.44 bits per heavy atom. The summed E-state index contributed by atoms with van der Waals surface area (Å²) in [5.41, 5.74) is -1.30. The van der Waals surface area contributed by atoms with Crippen LogP contribution in [-0.2, 0) is 12.7 Å². The summed E-state index contributed by atoms with van der Waals surface area (Å²) in [6.45, 7) is 3.85. The van der Waals surface area contributed by atoms with Crippen molar-refractivity contribution in [3.63, 3.8) is 0 Å². The molecule has 2 aromatic heterocycles. The maximum absolute atomic E-state index is 12.9. The number of aromatic nitrogens is 3. The zero-order valence-corrected chi connectivity index (χ0v) is 9.93. The van der Waals surface area contributed by atoms with Crippen molar-refractivity contribution in [3.8, 4) is 0 Å². The Kier molecular flexibility index (Phi) is 2.92. The van der Waals surface area contributed by atoms with Crippen molar-refractivity contribution < 1.29 is 13.2 Å². The molecule has 0 fully saturated rings. The summed E-state index contributed by atoms with van der Waals surface area (Å²) < 4.78 is 40.1. The van der Waals surface area contributed by atoms with Gasteiger partial charge in [-0.25, -0.2) is 4.68 Å². The molecular weight excluding hydrogens is 247 g/mol. The molecule has 98 valence electrons. The van der Waals surface area contributed by atoms with Crippen LogP contribution in [0.3, 0.4) is 0 Å². The van der Waals surface area contributed by atoms with Crippen LogP contribution in [0.1, 0.15) is 24.6 Å². The molecule has 1 N–H and O–H groups in total. The molecule has 0 atom stereocenters. The smallest absolute Gasteiger partial charge is 0.307 e. The molecule has 0 spiro atoms. The Bertz CT molecular complexity index is 639. The van der Waals surface area contributed by atoms with Crippen molar-refractivity contribution >= 4 is 11.0 Å². The predicted molar refractivity (Wildman–Crippen MR) is 60.4 cm³/mol. The SMILES string of the molecule is CCCn1nc(C)c2c(C(F)(F)F)cc(=O)[nH]c21. The van der Waals surface area contributed by atoms with Gasteiger partial charge in [0.2, 0.25) is 5.56 Å². The summed E-state index contributed by atoms with van der Waals surface area (Å²) in [7, 11) is 0. The second-order valence-electron chi connectivity index (χ2n) is 4.08. The molecule has 18 heavy (non-hydrogen) atoms. The Labute approximate surface area is 100 Å². The van der Waals surface area contributed by atoms with Gasteiger partial charge in [-0.15, -0.1) is 0 Å². The molecule has 0 aliphatic carbocycles. The number of nitrogens with one attached hydrogen (secondary N) is 1. The van der Waals surface area contributed by atoms with Crippen LogP contribution in [0.4, 0.5) is 13.2 Å². The van der Waals surface area contributed by atoms with Crippen molar-refractivity contribution in [2.75, 3.05) is 0 Å². The molecule has 0 unspecified atom stereocenters. The average Bonchev–Trinajstić information content (AvgIpc) is 2.54. The molecule has 7 heteroatoms. The van der Waals surface area contributed by atoms with Crippen molar-refractivity contribution in [2.24, 2.45) is 0 Å². The number of aryl methyl sites for hydroxylation is 2. The number of rotatable bonds is 2. The second-order valence-corrected chi connectivity index (χ2v) is 4.08. The highest BCUT2D eigenvalue weighted by Crippen LogP contribution is 2.34. The monoisotopic (exact) mass is 259 g/mol. The Hall–Kier alpha value is -1.79.